The van der Waals surface area contributed by atoms with Crippen molar-refractivity contribution in [3.8, 4) is 5.75 Å². The predicted molar refractivity (Wildman–Crippen MR) is 129 cm³/mol. The van der Waals surface area contributed by atoms with E-state index in [1.165, 1.54) is 60.7 Å². The summed E-state index contributed by atoms with van der Waals surface area (Å²) in [6.07, 6.45) is 2.50. The maximum atomic E-state index is 13.0. The molecule has 1 fully saturated rings. The van der Waals surface area contributed by atoms with Gasteiger partial charge in [0.15, 0.2) is 0 Å². The van der Waals surface area contributed by atoms with Crippen LogP contribution in [0, 0.1) is 6.92 Å². The Kier molecular flexibility index (Phi) is 6.63. The molecule has 35 heavy (non-hydrogen) atoms. The van der Waals surface area contributed by atoms with Crippen molar-refractivity contribution in [2.45, 2.75) is 29.6 Å². The van der Waals surface area contributed by atoms with Crippen molar-refractivity contribution in [1.82, 2.24) is 9.97 Å². The van der Waals surface area contributed by atoms with Crippen molar-refractivity contribution in [2.24, 2.45) is 0 Å². The summed E-state index contributed by atoms with van der Waals surface area (Å²) < 4.78 is 61.2. The first-order valence-electron chi connectivity index (χ1n) is 10.5. The molecule has 1 aliphatic heterocycles. The lowest BCUT2D eigenvalue weighted by Gasteiger charge is -2.20. The Morgan fingerprint density at radius 3 is 2.26 bits per heavy atom. The number of sulfonamides is 2. The van der Waals surface area contributed by atoms with E-state index in [1.54, 1.807) is 13.0 Å². The van der Waals surface area contributed by atoms with E-state index >= 15 is 0 Å². The third-order valence-electron chi connectivity index (χ3n) is 5.26. The van der Waals surface area contributed by atoms with E-state index < -0.39 is 20.0 Å². The van der Waals surface area contributed by atoms with Gasteiger partial charge in [-0.1, -0.05) is 0 Å². The smallest absolute Gasteiger partial charge is 0.264 e. The number of hydrogen-bond acceptors (Lipinski definition) is 8. The SMILES string of the molecule is COc1ccc(S(=O)(=O)Nc2ccc(S(=O)(=O)Nc3nccc(C)n3)cc2)cc1N1CCCC1=O. The molecule has 184 valence electrons. The first kappa shape index (κ1) is 24.4. The number of methoxy groups -OCH3 is 1. The number of hydrogen-bond donors (Lipinski definition) is 2. The number of benzene rings is 2. The molecule has 13 heteroatoms. The van der Waals surface area contributed by atoms with Gasteiger partial charge >= 0.3 is 0 Å². The van der Waals surface area contributed by atoms with Gasteiger partial charge in [-0.25, -0.2) is 31.5 Å². The van der Waals surface area contributed by atoms with Crippen molar-refractivity contribution < 1.29 is 26.4 Å². The summed E-state index contributed by atoms with van der Waals surface area (Å²) in [5.41, 5.74) is 1.13. The highest BCUT2D eigenvalue weighted by molar-refractivity contribution is 7.93. The van der Waals surface area contributed by atoms with E-state index in [0.717, 1.165) is 0 Å². The van der Waals surface area contributed by atoms with Gasteiger partial charge < -0.3 is 9.64 Å². The minimum absolute atomic E-state index is 0.0667. The third-order valence-corrected chi connectivity index (χ3v) is 7.99. The van der Waals surface area contributed by atoms with Crippen LogP contribution in [0.5, 0.6) is 5.75 Å². The highest BCUT2D eigenvalue weighted by Gasteiger charge is 2.27. The number of anilines is 3. The summed E-state index contributed by atoms with van der Waals surface area (Å²) in [5, 5.41) is 0. The monoisotopic (exact) mass is 517 g/mol. The van der Waals surface area contributed by atoms with Crippen LogP contribution in [0.2, 0.25) is 0 Å². The molecule has 4 rings (SSSR count). The minimum Gasteiger partial charge on any atom is -0.495 e. The fourth-order valence-electron chi connectivity index (χ4n) is 3.54. The van der Waals surface area contributed by atoms with Gasteiger partial charge in [-0.3, -0.25) is 9.52 Å². The van der Waals surface area contributed by atoms with Gasteiger partial charge in [0.2, 0.25) is 11.9 Å². The third kappa shape index (κ3) is 5.35. The molecule has 0 aliphatic carbocycles. The van der Waals surface area contributed by atoms with Gasteiger partial charge in [0.25, 0.3) is 20.0 Å². The highest BCUT2D eigenvalue weighted by Crippen LogP contribution is 2.34. The van der Waals surface area contributed by atoms with Crippen LogP contribution in [0.3, 0.4) is 0 Å². The summed E-state index contributed by atoms with van der Waals surface area (Å²) in [5.74, 6) is 0.215. The first-order chi connectivity index (χ1) is 16.6. The fraction of sp³-hybridized carbons (Fsp3) is 0.227. The van der Waals surface area contributed by atoms with Crippen molar-refractivity contribution in [2.75, 3.05) is 28.0 Å². The molecule has 0 bridgehead atoms. The number of aryl methyl sites for hydroxylation is 1. The number of carbonyl (C=O) groups is 1. The second kappa shape index (κ2) is 9.50. The Balaban J connectivity index is 1.55. The second-order valence-electron chi connectivity index (χ2n) is 7.74. The zero-order chi connectivity index (χ0) is 25.2. The molecule has 0 radical (unpaired) electrons. The van der Waals surface area contributed by atoms with E-state index in [4.69, 9.17) is 4.74 Å². The highest BCUT2D eigenvalue weighted by atomic mass is 32.2. The van der Waals surface area contributed by atoms with Crippen molar-refractivity contribution in [3.05, 3.63) is 60.4 Å². The van der Waals surface area contributed by atoms with Crippen LogP contribution in [-0.4, -0.2) is 46.4 Å². The fourth-order valence-corrected chi connectivity index (χ4v) is 5.57. The molecule has 1 aromatic heterocycles. The van der Waals surface area contributed by atoms with Crippen LogP contribution in [0.15, 0.2) is 64.5 Å². The normalized spacial score (nSPS) is 14.1. The Hall–Kier alpha value is -3.71. The van der Waals surface area contributed by atoms with E-state index in [0.29, 0.717) is 36.5 Å². The lowest BCUT2D eigenvalue weighted by Crippen LogP contribution is -2.25. The van der Waals surface area contributed by atoms with Gasteiger partial charge in [0, 0.05) is 30.5 Å². The van der Waals surface area contributed by atoms with Crippen LogP contribution in [0.4, 0.5) is 17.3 Å². The lowest BCUT2D eigenvalue weighted by atomic mass is 10.2. The minimum atomic E-state index is -4.04. The Bertz CT molecular complexity index is 1470. The van der Waals surface area contributed by atoms with E-state index in [2.05, 4.69) is 19.4 Å². The molecule has 11 nitrogen and oxygen atoms in total. The summed E-state index contributed by atoms with van der Waals surface area (Å²) >= 11 is 0. The molecule has 0 atom stereocenters. The number of nitrogens with zero attached hydrogens (tertiary/aromatic N) is 3. The second-order valence-corrected chi connectivity index (χ2v) is 11.1. The van der Waals surface area contributed by atoms with Crippen LogP contribution in [0.25, 0.3) is 0 Å². The molecule has 2 N–H and O–H groups in total. The van der Waals surface area contributed by atoms with E-state index in [1.807, 2.05) is 0 Å². The zero-order valence-corrected chi connectivity index (χ0v) is 20.6. The van der Waals surface area contributed by atoms with Gasteiger partial charge in [-0.05, 0) is 61.9 Å². The van der Waals surface area contributed by atoms with Crippen molar-refractivity contribution >= 4 is 43.3 Å². The van der Waals surface area contributed by atoms with Crippen LogP contribution < -0.4 is 19.1 Å². The molecule has 1 amide bonds. The summed E-state index contributed by atoms with van der Waals surface area (Å²) in [6, 6.07) is 11.1. The molecule has 1 saturated heterocycles. The Morgan fingerprint density at radius 1 is 0.943 bits per heavy atom. The van der Waals surface area contributed by atoms with Gasteiger partial charge in [0.1, 0.15) is 5.75 Å². The summed E-state index contributed by atoms with van der Waals surface area (Å²) in [6.45, 7) is 2.18. The van der Waals surface area contributed by atoms with E-state index in [9.17, 15) is 21.6 Å². The zero-order valence-electron chi connectivity index (χ0n) is 18.9. The maximum Gasteiger partial charge on any atom is 0.264 e. The van der Waals surface area contributed by atoms with Crippen LogP contribution in [-0.2, 0) is 24.8 Å². The van der Waals surface area contributed by atoms with Gasteiger partial charge in [-0.15, -0.1) is 0 Å². The summed E-state index contributed by atoms with van der Waals surface area (Å²) in [7, 11) is -6.57. The molecule has 2 heterocycles. The number of rotatable bonds is 8. The van der Waals surface area contributed by atoms with Gasteiger partial charge in [-0.2, -0.15) is 0 Å². The molecular formula is C22H23N5O6S2. The quantitative estimate of drug-likeness (QED) is 0.463. The van der Waals surface area contributed by atoms with Crippen molar-refractivity contribution in [3.63, 3.8) is 0 Å². The first-order valence-corrected chi connectivity index (χ1v) is 13.5. The molecule has 1 aliphatic rings. The van der Waals surface area contributed by atoms with Crippen LogP contribution >= 0.6 is 0 Å². The number of ether oxygens (including phenoxy) is 1. The lowest BCUT2D eigenvalue weighted by molar-refractivity contribution is -0.117. The van der Waals surface area contributed by atoms with E-state index in [-0.39, 0.29) is 27.3 Å². The van der Waals surface area contributed by atoms with Crippen LogP contribution in [0.1, 0.15) is 18.5 Å². The Morgan fingerprint density at radius 2 is 1.63 bits per heavy atom. The molecule has 0 spiro atoms. The average molecular weight is 518 g/mol. The van der Waals surface area contributed by atoms with Crippen molar-refractivity contribution in [1.29, 1.82) is 0 Å². The number of aromatic nitrogens is 2. The largest absolute Gasteiger partial charge is 0.495 e. The summed E-state index contributed by atoms with van der Waals surface area (Å²) in [4.78, 5) is 21.4. The maximum absolute atomic E-state index is 13.0. The molecule has 2 aromatic carbocycles. The number of carbonyl (C=O) groups excluding carboxylic acids is 1. The van der Waals surface area contributed by atoms with Gasteiger partial charge in [0.05, 0.1) is 22.6 Å². The number of amides is 1. The molecular weight excluding hydrogens is 494 g/mol. The molecule has 3 aromatic rings. The predicted octanol–water partition coefficient (Wildman–Crippen LogP) is 2.52. The Labute approximate surface area is 203 Å². The topological polar surface area (TPSA) is 148 Å². The standard InChI is InChI=1S/C22H23N5O6S2/c1-15-11-12-23-22(24-15)26-34(29,30)17-7-5-16(6-8-17)25-35(31,32)18-9-10-20(33-2)19(14-18)27-13-3-4-21(27)28/h5-12,14,25H,3-4,13H2,1-2H3,(H,23,24,26). The number of nitrogens with one attached hydrogen (secondary N) is 2. The molecule has 0 saturated carbocycles. The molecule has 0 unspecified atom stereocenters. The average Bonchev–Trinajstić information content (AvgIpc) is 3.24.